The van der Waals surface area contributed by atoms with E-state index in [-0.39, 0.29) is 11.5 Å². The van der Waals surface area contributed by atoms with Crippen molar-refractivity contribution in [1.82, 2.24) is 0 Å². The van der Waals surface area contributed by atoms with Crippen LogP contribution in [0.4, 0.5) is 0 Å². The first-order valence-electron chi connectivity index (χ1n) is 5.35. The zero-order chi connectivity index (χ0) is 11.1. The summed E-state index contributed by atoms with van der Waals surface area (Å²) in [4.78, 5) is 0. The summed E-state index contributed by atoms with van der Waals surface area (Å²) < 4.78 is 16.0. The normalized spacial score (nSPS) is 29.0. The average molecular weight is 212 g/mol. The fourth-order valence-corrected chi connectivity index (χ4v) is 2.00. The lowest BCUT2D eigenvalue weighted by molar-refractivity contribution is -0.212. The van der Waals surface area contributed by atoms with Crippen LogP contribution in [0.3, 0.4) is 0 Å². The van der Waals surface area contributed by atoms with Crippen molar-refractivity contribution in [1.29, 1.82) is 0 Å². The molecule has 0 aromatic heterocycles. The highest BCUT2D eigenvalue weighted by Crippen LogP contribution is 2.40. The summed E-state index contributed by atoms with van der Waals surface area (Å²) in [6.07, 6.45) is 5.19. The molecular weight excluding hydrogens is 192 g/mol. The summed E-state index contributed by atoms with van der Waals surface area (Å²) in [7, 11) is 0. The molecule has 0 spiro atoms. The summed E-state index contributed by atoms with van der Waals surface area (Å²) in [6.45, 7) is 11.3. The summed E-state index contributed by atoms with van der Waals surface area (Å²) in [6, 6.07) is 0. The zero-order valence-corrected chi connectivity index (χ0v) is 9.41. The summed E-state index contributed by atoms with van der Waals surface area (Å²) in [5, 5.41) is 0. The topological polar surface area (TPSA) is 27.7 Å². The molecule has 3 heteroatoms. The van der Waals surface area contributed by atoms with E-state index in [0.29, 0.717) is 13.2 Å². The number of ether oxygens (including phenoxy) is 3. The molecule has 0 N–H and O–H groups in total. The molecule has 1 aliphatic rings. The van der Waals surface area contributed by atoms with Gasteiger partial charge in [-0.15, -0.1) is 0 Å². The van der Waals surface area contributed by atoms with Crippen molar-refractivity contribution in [2.75, 3.05) is 19.8 Å². The average Bonchev–Trinajstić information content (AvgIpc) is 2.22. The van der Waals surface area contributed by atoms with Crippen LogP contribution in [0.1, 0.15) is 19.8 Å². The standard InChI is InChI=1S/C12H20O3/c1-4-11-12(10-15-11,9-14-6-3)7-8-13-5-2/h5-6,11H,2-4,7-10H2,1H3. The molecule has 0 aromatic rings. The molecule has 0 aromatic carbocycles. The molecule has 2 unspecified atom stereocenters. The Kier molecular flexibility index (Phi) is 4.69. The van der Waals surface area contributed by atoms with Gasteiger partial charge in [-0.3, -0.25) is 0 Å². The maximum atomic E-state index is 5.53. The van der Waals surface area contributed by atoms with E-state index in [9.17, 15) is 0 Å². The first-order valence-corrected chi connectivity index (χ1v) is 5.35. The van der Waals surface area contributed by atoms with E-state index in [4.69, 9.17) is 14.2 Å². The Bertz CT molecular complexity index is 213. The molecule has 1 saturated heterocycles. The van der Waals surface area contributed by atoms with Gasteiger partial charge in [-0.1, -0.05) is 20.1 Å². The van der Waals surface area contributed by atoms with E-state index in [1.807, 2.05) is 0 Å². The SMILES string of the molecule is C=COCCC1(COC=C)COC1CC. The van der Waals surface area contributed by atoms with Gasteiger partial charge in [-0.2, -0.15) is 0 Å². The Morgan fingerprint density at radius 3 is 2.60 bits per heavy atom. The fraction of sp³-hybridized carbons (Fsp3) is 0.667. The molecule has 1 fully saturated rings. The van der Waals surface area contributed by atoms with Gasteiger partial charge < -0.3 is 14.2 Å². The van der Waals surface area contributed by atoms with E-state index >= 15 is 0 Å². The van der Waals surface area contributed by atoms with Crippen LogP contribution in [-0.4, -0.2) is 25.9 Å². The third kappa shape index (κ3) is 2.75. The van der Waals surface area contributed by atoms with E-state index in [1.54, 1.807) is 0 Å². The Hall–Kier alpha value is -0.960. The Morgan fingerprint density at radius 1 is 1.40 bits per heavy atom. The monoisotopic (exact) mass is 212 g/mol. The van der Waals surface area contributed by atoms with Crippen molar-refractivity contribution < 1.29 is 14.2 Å². The molecule has 2 atom stereocenters. The van der Waals surface area contributed by atoms with E-state index in [0.717, 1.165) is 19.4 Å². The molecule has 1 heterocycles. The number of hydrogen-bond acceptors (Lipinski definition) is 3. The van der Waals surface area contributed by atoms with Crippen molar-refractivity contribution in [2.24, 2.45) is 5.41 Å². The van der Waals surface area contributed by atoms with Crippen molar-refractivity contribution >= 4 is 0 Å². The van der Waals surface area contributed by atoms with Gasteiger partial charge in [0.2, 0.25) is 0 Å². The largest absolute Gasteiger partial charge is 0.502 e. The minimum Gasteiger partial charge on any atom is -0.502 e. The van der Waals surface area contributed by atoms with Gasteiger partial charge in [0.05, 0.1) is 43.9 Å². The summed E-state index contributed by atoms with van der Waals surface area (Å²) >= 11 is 0. The minimum absolute atomic E-state index is 0.103. The highest BCUT2D eigenvalue weighted by atomic mass is 16.5. The van der Waals surface area contributed by atoms with Gasteiger partial charge in [-0.05, 0) is 12.8 Å². The predicted octanol–water partition coefficient (Wildman–Crippen LogP) is 2.49. The van der Waals surface area contributed by atoms with E-state index in [2.05, 4.69) is 20.1 Å². The lowest BCUT2D eigenvalue weighted by atomic mass is 9.75. The second-order valence-corrected chi connectivity index (χ2v) is 3.84. The highest BCUT2D eigenvalue weighted by Gasteiger charge is 2.47. The molecule has 0 aliphatic carbocycles. The summed E-state index contributed by atoms with van der Waals surface area (Å²) in [5.74, 6) is 0. The lowest BCUT2D eigenvalue weighted by Gasteiger charge is -2.48. The molecule has 0 amide bonds. The first-order chi connectivity index (χ1) is 7.29. The maximum Gasteiger partial charge on any atom is 0.0977 e. The molecular formula is C12H20O3. The Labute approximate surface area is 91.7 Å². The van der Waals surface area contributed by atoms with Crippen LogP contribution in [0.5, 0.6) is 0 Å². The second kappa shape index (κ2) is 5.81. The van der Waals surface area contributed by atoms with Gasteiger partial charge in [-0.25, -0.2) is 0 Å². The smallest absolute Gasteiger partial charge is 0.0977 e. The van der Waals surface area contributed by atoms with Crippen LogP contribution in [-0.2, 0) is 14.2 Å². The van der Waals surface area contributed by atoms with Crippen LogP contribution in [0, 0.1) is 5.41 Å². The molecule has 86 valence electrons. The number of rotatable bonds is 8. The fourth-order valence-electron chi connectivity index (χ4n) is 2.00. The minimum atomic E-state index is 0.103. The highest BCUT2D eigenvalue weighted by molar-refractivity contribution is 4.94. The Balaban J connectivity index is 2.44. The third-order valence-electron chi connectivity index (χ3n) is 2.95. The molecule has 0 saturated carbocycles. The quantitative estimate of drug-likeness (QED) is 0.457. The van der Waals surface area contributed by atoms with Crippen LogP contribution in [0.25, 0.3) is 0 Å². The van der Waals surface area contributed by atoms with Gasteiger partial charge in [0, 0.05) is 0 Å². The van der Waals surface area contributed by atoms with Gasteiger partial charge >= 0.3 is 0 Å². The van der Waals surface area contributed by atoms with Crippen LogP contribution < -0.4 is 0 Å². The van der Waals surface area contributed by atoms with Crippen LogP contribution in [0.15, 0.2) is 25.7 Å². The predicted molar refractivity (Wildman–Crippen MR) is 59.4 cm³/mol. The number of hydrogen-bond donors (Lipinski definition) is 0. The molecule has 1 rings (SSSR count). The van der Waals surface area contributed by atoms with Crippen molar-refractivity contribution in [3.63, 3.8) is 0 Å². The summed E-state index contributed by atoms with van der Waals surface area (Å²) in [5.41, 5.74) is 0.103. The van der Waals surface area contributed by atoms with E-state index in [1.165, 1.54) is 12.5 Å². The van der Waals surface area contributed by atoms with Crippen LogP contribution >= 0.6 is 0 Å². The molecule has 0 bridgehead atoms. The second-order valence-electron chi connectivity index (χ2n) is 3.84. The molecule has 3 nitrogen and oxygen atoms in total. The van der Waals surface area contributed by atoms with Crippen molar-refractivity contribution in [3.8, 4) is 0 Å². The van der Waals surface area contributed by atoms with Crippen molar-refractivity contribution in [2.45, 2.75) is 25.9 Å². The van der Waals surface area contributed by atoms with Gasteiger partial charge in [0.15, 0.2) is 0 Å². The van der Waals surface area contributed by atoms with Gasteiger partial charge in [0.25, 0.3) is 0 Å². The first kappa shape index (κ1) is 12.1. The lowest BCUT2D eigenvalue weighted by Crippen LogP contribution is -2.54. The molecule has 15 heavy (non-hydrogen) atoms. The third-order valence-corrected chi connectivity index (χ3v) is 2.95. The Morgan fingerprint density at radius 2 is 2.13 bits per heavy atom. The molecule has 1 aliphatic heterocycles. The van der Waals surface area contributed by atoms with Crippen LogP contribution in [0.2, 0.25) is 0 Å². The van der Waals surface area contributed by atoms with Gasteiger partial charge in [0.1, 0.15) is 0 Å². The van der Waals surface area contributed by atoms with Crippen molar-refractivity contribution in [3.05, 3.63) is 25.7 Å². The van der Waals surface area contributed by atoms with E-state index < -0.39 is 0 Å². The zero-order valence-electron chi connectivity index (χ0n) is 9.41. The maximum absolute atomic E-state index is 5.53. The molecule has 0 radical (unpaired) electrons.